The van der Waals surface area contributed by atoms with E-state index in [2.05, 4.69) is 13.8 Å². The van der Waals surface area contributed by atoms with Crippen LogP contribution >= 0.6 is 0 Å². The summed E-state index contributed by atoms with van der Waals surface area (Å²) in [7, 11) is 0. The van der Waals surface area contributed by atoms with Crippen LogP contribution in [0.4, 0.5) is 0 Å². The maximum Gasteiger partial charge on any atom is 0.159 e. The Kier molecular flexibility index (Phi) is 3.01. The molecule has 1 N–H and O–H groups in total. The Morgan fingerprint density at radius 1 is 1.05 bits per heavy atom. The number of ketones is 2. The van der Waals surface area contributed by atoms with Crippen LogP contribution in [-0.4, -0.2) is 22.8 Å². The monoisotopic (exact) mass is 302 g/mol. The van der Waals surface area contributed by atoms with Gasteiger partial charge in [-0.15, -0.1) is 0 Å². The molecule has 3 heteroatoms. The van der Waals surface area contributed by atoms with Crippen LogP contribution in [0.25, 0.3) is 0 Å². The predicted molar refractivity (Wildman–Crippen MR) is 83.1 cm³/mol. The lowest BCUT2D eigenvalue weighted by Crippen LogP contribution is -2.53. The van der Waals surface area contributed by atoms with Crippen LogP contribution in [0.15, 0.2) is 11.6 Å². The Balaban J connectivity index is 1.75. The lowest BCUT2D eigenvalue weighted by Gasteiger charge is -2.56. The minimum absolute atomic E-state index is 0.0772. The van der Waals surface area contributed by atoms with Crippen molar-refractivity contribution in [1.29, 1.82) is 0 Å². The van der Waals surface area contributed by atoms with E-state index >= 15 is 0 Å². The summed E-state index contributed by atoms with van der Waals surface area (Å²) in [5, 5.41) is 9.93. The fraction of sp³-hybridized carbons (Fsp3) is 0.789. The summed E-state index contributed by atoms with van der Waals surface area (Å²) in [6.07, 6.45) is 7.35. The normalized spacial score (nSPS) is 51.0. The third-order valence-corrected chi connectivity index (χ3v) is 7.62. The molecule has 3 saturated carbocycles. The van der Waals surface area contributed by atoms with E-state index in [1.165, 1.54) is 0 Å². The number of hydrogen-bond donors (Lipinski definition) is 1. The van der Waals surface area contributed by atoms with Crippen molar-refractivity contribution in [2.24, 2.45) is 28.6 Å². The quantitative estimate of drug-likeness (QED) is 0.748. The molecule has 0 aliphatic heterocycles. The van der Waals surface area contributed by atoms with Gasteiger partial charge in [-0.25, -0.2) is 0 Å². The molecule has 0 aromatic rings. The molecule has 4 aliphatic rings. The molecule has 0 aromatic carbocycles. The Bertz CT molecular complexity index is 577. The Labute approximate surface area is 132 Å². The molecule has 3 fully saturated rings. The van der Waals surface area contributed by atoms with Crippen molar-refractivity contribution in [2.75, 3.05) is 0 Å². The summed E-state index contributed by atoms with van der Waals surface area (Å²) in [5.41, 5.74) is 0.639. The highest BCUT2D eigenvalue weighted by atomic mass is 16.3. The number of allylic oxidation sites excluding steroid dienone is 1. The van der Waals surface area contributed by atoms with Crippen molar-refractivity contribution >= 4 is 11.6 Å². The first-order valence-electron chi connectivity index (χ1n) is 8.83. The van der Waals surface area contributed by atoms with Gasteiger partial charge >= 0.3 is 0 Å². The van der Waals surface area contributed by atoms with Crippen LogP contribution in [0.1, 0.15) is 58.8 Å². The fourth-order valence-electron chi connectivity index (χ4n) is 6.30. The molecule has 3 nitrogen and oxygen atoms in total. The van der Waals surface area contributed by atoms with Crippen LogP contribution in [0.2, 0.25) is 0 Å². The lowest BCUT2D eigenvalue weighted by molar-refractivity contribution is -0.137. The van der Waals surface area contributed by atoms with Gasteiger partial charge in [0, 0.05) is 18.3 Å². The highest BCUT2D eigenvalue weighted by Gasteiger charge is 2.60. The van der Waals surface area contributed by atoms with Gasteiger partial charge in [0.1, 0.15) is 5.78 Å². The lowest BCUT2D eigenvalue weighted by atomic mass is 9.47. The molecule has 120 valence electrons. The third-order valence-electron chi connectivity index (χ3n) is 7.62. The fourth-order valence-corrected chi connectivity index (χ4v) is 6.30. The van der Waals surface area contributed by atoms with E-state index in [0.29, 0.717) is 36.4 Å². The Morgan fingerprint density at radius 2 is 1.73 bits per heavy atom. The number of carbonyl (C=O) groups excluding carboxylic acids is 2. The van der Waals surface area contributed by atoms with Gasteiger partial charge in [0.05, 0.1) is 6.10 Å². The van der Waals surface area contributed by atoms with Crippen LogP contribution in [0.5, 0.6) is 0 Å². The molecule has 0 saturated heterocycles. The maximum atomic E-state index is 12.7. The zero-order valence-corrected chi connectivity index (χ0v) is 13.6. The number of fused-ring (bicyclic) bond motifs is 5. The second-order valence-electron chi connectivity index (χ2n) is 8.53. The van der Waals surface area contributed by atoms with E-state index in [0.717, 1.165) is 37.7 Å². The Hall–Kier alpha value is -0.960. The van der Waals surface area contributed by atoms with Gasteiger partial charge in [0.15, 0.2) is 5.78 Å². The average Bonchev–Trinajstić information content (AvgIpc) is 2.77. The summed E-state index contributed by atoms with van der Waals surface area (Å²) in [4.78, 5) is 25.1. The number of hydrogen-bond acceptors (Lipinski definition) is 3. The SMILES string of the molecule is C[C@]12CCC(O)C=C1C(=O)C[C@@H]1[C@H]2CC[C@]2(C)C(=O)CC[C@@H]12. The molecule has 4 rings (SSSR count). The van der Waals surface area contributed by atoms with Crippen molar-refractivity contribution in [3.63, 3.8) is 0 Å². The number of aliphatic hydroxyl groups is 1. The van der Waals surface area contributed by atoms with Crippen molar-refractivity contribution in [3.8, 4) is 0 Å². The van der Waals surface area contributed by atoms with Gasteiger partial charge in [-0.2, -0.15) is 0 Å². The highest BCUT2D eigenvalue weighted by Crippen LogP contribution is 2.63. The minimum Gasteiger partial charge on any atom is -0.389 e. The van der Waals surface area contributed by atoms with Crippen molar-refractivity contribution in [1.82, 2.24) is 0 Å². The zero-order valence-electron chi connectivity index (χ0n) is 13.6. The number of Topliss-reactive ketones (excluding diaryl/α,β-unsaturated/α-hetero) is 2. The van der Waals surface area contributed by atoms with Crippen molar-refractivity contribution in [2.45, 2.75) is 64.9 Å². The average molecular weight is 302 g/mol. The van der Waals surface area contributed by atoms with Gasteiger partial charge in [0.2, 0.25) is 0 Å². The van der Waals surface area contributed by atoms with Gasteiger partial charge in [-0.05, 0) is 66.9 Å². The first-order chi connectivity index (χ1) is 10.4. The molecular formula is C19H26O3. The molecule has 0 spiro atoms. The summed E-state index contributed by atoms with van der Waals surface area (Å²) in [5.74, 6) is 1.93. The predicted octanol–water partition coefficient (Wildman–Crippen LogP) is 3.06. The molecule has 0 aromatic heterocycles. The van der Waals surface area contributed by atoms with Gasteiger partial charge in [-0.3, -0.25) is 9.59 Å². The van der Waals surface area contributed by atoms with Crippen molar-refractivity contribution < 1.29 is 14.7 Å². The molecule has 4 aliphatic carbocycles. The second kappa shape index (κ2) is 4.53. The zero-order chi connectivity index (χ0) is 15.7. The molecule has 0 radical (unpaired) electrons. The molecule has 0 amide bonds. The van der Waals surface area contributed by atoms with Crippen LogP contribution < -0.4 is 0 Å². The van der Waals surface area contributed by atoms with E-state index in [9.17, 15) is 14.7 Å². The third kappa shape index (κ3) is 1.72. The molecule has 22 heavy (non-hydrogen) atoms. The van der Waals surface area contributed by atoms with E-state index < -0.39 is 6.10 Å². The first kappa shape index (κ1) is 14.6. The molecular weight excluding hydrogens is 276 g/mol. The second-order valence-corrected chi connectivity index (χ2v) is 8.53. The van der Waals surface area contributed by atoms with E-state index in [4.69, 9.17) is 0 Å². The highest BCUT2D eigenvalue weighted by molar-refractivity contribution is 5.98. The van der Waals surface area contributed by atoms with Crippen molar-refractivity contribution in [3.05, 3.63) is 11.6 Å². The summed E-state index contributed by atoms with van der Waals surface area (Å²) in [6, 6.07) is 0. The Morgan fingerprint density at radius 3 is 2.50 bits per heavy atom. The largest absolute Gasteiger partial charge is 0.389 e. The molecule has 0 heterocycles. The van der Waals surface area contributed by atoms with Gasteiger partial charge in [0.25, 0.3) is 0 Å². The van der Waals surface area contributed by atoms with E-state index in [1.54, 1.807) is 0 Å². The van der Waals surface area contributed by atoms with Gasteiger partial charge in [-0.1, -0.05) is 13.8 Å². The van der Waals surface area contributed by atoms with E-state index in [1.807, 2.05) is 6.08 Å². The standard InChI is InChI=1S/C19H26O3/c1-18-7-5-11(20)9-15(18)16(21)10-12-13-3-4-17(22)19(13,2)8-6-14(12)18/h9,11-14,20H,3-8,10H2,1-2H3/t11?,12-,13-,14+,18+,19-/m0/s1. The number of aliphatic hydroxyl groups excluding tert-OH is 1. The first-order valence-corrected chi connectivity index (χ1v) is 8.83. The van der Waals surface area contributed by atoms with Gasteiger partial charge < -0.3 is 5.11 Å². The molecule has 6 atom stereocenters. The van der Waals surface area contributed by atoms with Crippen LogP contribution in [-0.2, 0) is 9.59 Å². The summed E-state index contributed by atoms with van der Waals surface area (Å²) in [6.45, 7) is 4.38. The van der Waals surface area contributed by atoms with Crippen LogP contribution in [0, 0.1) is 28.6 Å². The molecule has 1 unspecified atom stereocenters. The number of carbonyl (C=O) groups is 2. The molecule has 0 bridgehead atoms. The topological polar surface area (TPSA) is 54.4 Å². The summed E-state index contributed by atoms with van der Waals surface area (Å²) < 4.78 is 0. The van der Waals surface area contributed by atoms with E-state index in [-0.39, 0.29) is 16.6 Å². The van der Waals surface area contributed by atoms with Crippen LogP contribution in [0.3, 0.4) is 0 Å². The maximum absolute atomic E-state index is 12.7. The summed E-state index contributed by atoms with van der Waals surface area (Å²) >= 11 is 0. The number of rotatable bonds is 0. The minimum atomic E-state index is -0.453. The smallest absolute Gasteiger partial charge is 0.159 e.